The van der Waals surface area contributed by atoms with Crippen molar-refractivity contribution in [3.63, 3.8) is 0 Å². The number of rotatable bonds is 3. The molecule has 8 heteroatoms. The van der Waals surface area contributed by atoms with Crippen LogP contribution in [0, 0.1) is 6.92 Å². The summed E-state index contributed by atoms with van der Waals surface area (Å²) in [6.07, 6.45) is 1.48. The third-order valence-electron chi connectivity index (χ3n) is 5.43. The quantitative estimate of drug-likeness (QED) is 0.711. The van der Waals surface area contributed by atoms with Crippen LogP contribution >= 0.6 is 0 Å². The molecule has 148 valence electrons. The topological polar surface area (TPSA) is 98.5 Å². The average molecular weight is 392 g/mol. The number of benzene rings is 2. The number of amides is 1. The van der Waals surface area contributed by atoms with E-state index in [1.165, 1.54) is 0 Å². The van der Waals surface area contributed by atoms with Crippen LogP contribution in [0.5, 0.6) is 17.2 Å². The van der Waals surface area contributed by atoms with Crippen LogP contribution in [0.1, 0.15) is 39.8 Å². The normalized spacial score (nSPS) is 17.1. The zero-order valence-corrected chi connectivity index (χ0v) is 15.9. The molecule has 0 spiro atoms. The Morgan fingerprint density at radius 2 is 2.03 bits per heavy atom. The van der Waals surface area contributed by atoms with Gasteiger partial charge in [-0.2, -0.15) is 0 Å². The number of carbonyl (C=O) groups excluding carboxylic acids is 1. The number of ether oxygens (including phenoxy) is 2. The molecule has 2 heterocycles. The summed E-state index contributed by atoms with van der Waals surface area (Å²) < 4.78 is 12.8. The third kappa shape index (κ3) is 2.97. The first-order valence-electron chi connectivity index (χ1n) is 9.56. The fraction of sp³-hybridized carbons (Fsp3) is 0.286. The minimum absolute atomic E-state index is 0.150. The van der Waals surface area contributed by atoms with Gasteiger partial charge in [-0.1, -0.05) is 17.3 Å². The Morgan fingerprint density at radius 1 is 1.21 bits per heavy atom. The summed E-state index contributed by atoms with van der Waals surface area (Å²) in [5, 5.41) is 21.3. The van der Waals surface area contributed by atoms with Gasteiger partial charge in [-0.05, 0) is 49.1 Å². The van der Waals surface area contributed by atoms with Crippen molar-refractivity contribution in [2.45, 2.75) is 25.8 Å². The second-order valence-corrected chi connectivity index (χ2v) is 7.17. The Kier molecular flexibility index (Phi) is 4.12. The van der Waals surface area contributed by atoms with Gasteiger partial charge in [-0.3, -0.25) is 4.79 Å². The number of fused-ring (bicyclic) bond motifs is 2. The maximum atomic E-state index is 12.9. The summed E-state index contributed by atoms with van der Waals surface area (Å²) >= 11 is 0. The Labute approximate surface area is 167 Å². The van der Waals surface area contributed by atoms with Crippen molar-refractivity contribution in [3.05, 3.63) is 58.9 Å². The van der Waals surface area contributed by atoms with E-state index in [2.05, 4.69) is 15.6 Å². The highest BCUT2D eigenvalue weighted by atomic mass is 16.6. The van der Waals surface area contributed by atoms with E-state index in [1.54, 1.807) is 23.7 Å². The van der Waals surface area contributed by atoms with Gasteiger partial charge in [0, 0.05) is 6.07 Å². The lowest BCUT2D eigenvalue weighted by molar-refractivity contribution is 0.0931. The maximum absolute atomic E-state index is 12.9. The first-order valence-corrected chi connectivity index (χ1v) is 9.56. The van der Waals surface area contributed by atoms with Crippen molar-refractivity contribution in [1.82, 2.24) is 20.3 Å². The van der Waals surface area contributed by atoms with Crippen LogP contribution in [0.4, 0.5) is 0 Å². The highest BCUT2D eigenvalue weighted by Gasteiger charge is 2.28. The zero-order chi connectivity index (χ0) is 20.0. The van der Waals surface area contributed by atoms with Crippen LogP contribution in [0.15, 0.2) is 36.4 Å². The number of phenolic OH excluding ortho intramolecular Hbond substituents is 1. The molecular weight excluding hydrogens is 372 g/mol. The van der Waals surface area contributed by atoms with Crippen LogP contribution in [0.3, 0.4) is 0 Å². The largest absolute Gasteiger partial charge is 0.508 e. The number of carbonyl (C=O) groups is 1. The predicted molar refractivity (Wildman–Crippen MR) is 104 cm³/mol. The maximum Gasteiger partial charge on any atom is 0.274 e. The number of aromatic nitrogens is 3. The summed E-state index contributed by atoms with van der Waals surface area (Å²) in [4.78, 5) is 12.9. The minimum atomic E-state index is -0.285. The van der Waals surface area contributed by atoms with Gasteiger partial charge in [0.15, 0.2) is 17.2 Å². The molecule has 1 aliphatic heterocycles. The molecule has 0 saturated carbocycles. The average Bonchev–Trinajstić information content (AvgIpc) is 3.32. The van der Waals surface area contributed by atoms with Gasteiger partial charge >= 0.3 is 0 Å². The fourth-order valence-corrected chi connectivity index (χ4v) is 3.96. The van der Waals surface area contributed by atoms with Gasteiger partial charge in [-0.15, -0.1) is 5.10 Å². The van der Waals surface area contributed by atoms with Crippen molar-refractivity contribution in [1.29, 1.82) is 0 Å². The van der Waals surface area contributed by atoms with Gasteiger partial charge in [0.25, 0.3) is 5.91 Å². The monoisotopic (exact) mass is 392 g/mol. The van der Waals surface area contributed by atoms with Crippen LogP contribution in [0.2, 0.25) is 0 Å². The SMILES string of the molecule is Cc1c(C(=O)N[C@@H]2CCc3c(O)cccc32)nnn1-c1ccc2c(c1)OCCO2. The minimum Gasteiger partial charge on any atom is -0.508 e. The second kappa shape index (κ2) is 6.80. The number of nitrogens with one attached hydrogen (secondary N) is 1. The number of hydrogen-bond acceptors (Lipinski definition) is 6. The van der Waals surface area contributed by atoms with Crippen molar-refractivity contribution >= 4 is 5.91 Å². The van der Waals surface area contributed by atoms with Crippen molar-refractivity contribution in [3.8, 4) is 22.9 Å². The van der Waals surface area contributed by atoms with E-state index >= 15 is 0 Å². The lowest BCUT2D eigenvalue weighted by atomic mass is 10.1. The molecule has 0 fully saturated rings. The van der Waals surface area contributed by atoms with Gasteiger partial charge in [0.05, 0.1) is 17.4 Å². The molecule has 29 heavy (non-hydrogen) atoms. The van der Waals surface area contributed by atoms with Gasteiger partial charge < -0.3 is 19.9 Å². The Bertz CT molecular complexity index is 1110. The molecule has 5 rings (SSSR count). The lowest BCUT2D eigenvalue weighted by Crippen LogP contribution is -2.28. The molecule has 2 aliphatic rings. The smallest absolute Gasteiger partial charge is 0.274 e. The molecule has 0 saturated heterocycles. The molecular formula is C21H20N4O4. The summed E-state index contributed by atoms with van der Waals surface area (Å²) in [5.74, 6) is 1.34. The first kappa shape index (κ1) is 17.5. The first-order chi connectivity index (χ1) is 14.1. The summed E-state index contributed by atoms with van der Waals surface area (Å²) in [5.41, 5.74) is 3.50. The molecule has 0 bridgehead atoms. The van der Waals surface area contributed by atoms with E-state index < -0.39 is 0 Å². The van der Waals surface area contributed by atoms with Gasteiger partial charge in [0.2, 0.25) is 0 Å². The Morgan fingerprint density at radius 3 is 2.90 bits per heavy atom. The van der Waals surface area contributed by atoms with E-state index in [4.69, 9.17) is 9.47 Å². The van der Waals surface area contributed by atoms with Gasteiger partial charge in [0.1, 0.15) is 19.0 Å². The number of aromatic hydroxyl groups is 1. The molecule has 0 radical (unpaired) electrons. The van der Waals surface area contributed by atoms with E-state index in [0.717, 1.165) is 29.7 Å². The van der Waals surface area contributed by atoms with Crippen molar-refractivity contribution < 1.29 is 19.4 Å². The molecule has 1 amide bonds. The molecule has 2 N–H and O–H groups in total. The lowest BCUT2D eigenvalue weighted by Gasteiger charge is -2.19. The molecule has 8 nitrogen and oxygen atoms in total. The number of hydrogen-bond donors (Lipinski definition) is 2. The second-order valence-electron chi connectivity index (χ2n) is 7.17. The van der Waals surface area contributed by atoms with Crippen LogP contribution in [-0.4, -0.2) is 39.2 Å². The fourth-order valence-electron chi connectivity index (χ4n) is 3.96. The van der Waals surface area contributed by atoms with Gasteiger partial charge in [-0.25, -0.2) is 4.68 Å². The molecule has 2 aromatic carbocycles. The van der Waals surface area contributed by atoms with Crippen LogP contribution in [0.25, 0.3) is 5.69 Å². The molecule has 1 atom stereocenters. The molecule has 1 aliphatic carbocycles. The highest BCUT2D eigenvalue weighted by Crippen LogP contribution is 2.36. The third-order valence-corrected chi connectivity index (χ3v) is 5.43. The molecule has 1 aromatic heterocycles. The van der Waals surface area contributed by atoms with E-state index in [0.29, 0.717) is 30.4 Å². The summed E-state index contributed by atoms with van der Waals surface area (Å²) in [7, 11) is 0. The van der Waals surface area contributed by atoms with E-state index in [1.807, 2.05) is 24.3 Å². The molecule has 0 unspecified atom stereocenters. The predicted octanol–water partition coefficient (Wildman–Crippen LogP) is 2.47. The summed E-state index contributed by atoms with van der Waals surface area (Å²) in [6.45, 7) is 2.83. The molecule has 3 aromatic rings. The van der Waals surface area contributed by atoms with E-state index in [9.17, 15) is 9.90 Å². The van der Waals surface area contributed by atoms with Crippen molar-refractivity contribution in [2.75, 3.05) is 13.2 Å². The van der Waals surface area contributed by atoms with E-state index in [-0.39, 0.29) is 23.4 Å². The number of phenols is 1. The highest BCUT2D eigenvalue weighted by molar-refractivity contribution is 5.93. The van der Waals surface area contributed by atoms with Crippen LogP contribution < -0.4 is 14.8 Å². The van der Waals surface area contributed by atoms with Crippen LogP contribution in [-0.2, 0) is 6.42 Å². The van der Waals surface area contributed by atoms with Crippen molar-refractivity contribution in [2.24, 2.45) is 0 Å². The zero-order valence-electron chi connectivity index (χ0n) is 15.9. The summed E-state index contributed by atoms with van der Waals surface area (Å²) in [6, 6.07) is 10.8. The Balaban J connectivity index is 1.39. The number of nitrogens with zero attached hydrogens (tertiary/aromatic N) is 3. The Hall–Kier alpha value is -3.55. The standard InChI is InChI=1S/C21H20N4O4/c1-12-20(21(27)22-16-7-6-15-14(16)3-2-4-17(15)26)23-24-25(12)13-5-8-18-19(11-13)29-10-9-28-18/h2-5,8,11,16,26H,6-7,9-10H2,1H3,(H,22,27)/t16-/m1/s1.